The summed E-state index contributed by atoms with van der Waals surface area (Å²) in [5.74, 6) is 1.30. The van der Waals surface area contributed by atoms with E-state index in [2.05, 4.69) is 38.3 Å². The summed E-state index contributed by atoms with van der Waals surface area (Å²) in [6.45, 7) is 4.13. The molecule has 27 heavy (non-hydrogen) atoms. The van der Waals surface area contributed by atoms with Crippen LogP contribution in [0.1, 0.15) is 18.6 Å². The molecule has 0 spiro atoms. The van der Waals surface area contributed by atoms with Gasteiger partial charge in [0.05, 0.1) is 18.8 Å². The first-order chi connectivity index (χ1) is 13.1. The number of nitrogens with zero attached hydrogens (tertiary/aromatic N) is 1. The number of hydrogen-bond donors (Lipinski definition) is 1. The second-order valence-electron chi connectivity index (χ2n) is 6.64. The first-order valence-corrected chi connectivity index (χ1v) is 9.71. The van der Waals surface area contributed by atoms with E-state index < -0.39 is 0 Å². The molecule has 2 atom stereocenters. The molecular weight excluding hydrogens is 412 g/mol. The minimum Gasteiger partial charge on any atom is -0.454 e. The minimum absolute atomic E-state index is 0.0444. The maximum absolute atomic E-state index is 12.7. The molecule has 2 aromatic rings. The van der Waals surface area contributed by atoms with E-state index in [4.69, 9.17) is 14.2 Å². The number of benzene rings is 2. The maximum Gasteiger partial charge on any atom is 0.241 e. The molecule has 0 saturated carbocycles. The highest BCUT2D eigenvalue weighted by molar-refractivity contribution is 9.10. The molecule has 2 aromatic carbocycles. The molecule has 6 nitrogen and oxygen atoms in total. The average Bonchev–Trinajstić information content (AvgIpc) is 3.15. The number of fused-ring (bicyclic) bond motifs is 1. The Labute approximate surface area is 166 Å². The van der Waals surface area contributed by atoms with E-state index in [0.717, 1.165) is 16.6 Å². The predicted octanol–water partition coefficient (Wildman–Crippen LogP) is 3.58. The fourth-order valence-corrected chi connectivity index (χ4v) is 3.73. The van der Waals surface area contributed by atoms with Crippen LogP contribution in [0, 0.1) is 0 Å². The number of halogens is 1. The van der Waals surface area contributed by atoms with E-state index in [1.807, 2.05) is 25.1 Å². The number of anilines is 1. The number of amides is 1. The Morgan fingerprint density at radius 3 is 2.93 bits per heavy atom. The molecule has 0 radical (unpaired) electrons. The molecule has 1 amide bonds. The monoisotopic (exact) mass is 432 g/mol. The number of hydrogen-bond acceptors (Lipinski definition) is 5. The Balaban J connectivity index is 1.40. The molecule has 142 valence electrons. The summed E-state index contributed by atoms with van der Waals surface area (Å²) in [5, 5.41) is 2.97. The Morgan fingerprint density at radius 2 is 2.07 bits per heavy atom. The van der Waals surface area contributed by atoms with E-state index in [1.54, 1.807) is 12.1 Å². The van der Waals surface area contributed by atoms with Crippen molar-refractivity contribution in [1.29, 1.82) is 0 Å². The fraction of sp³-hybridized carbons (Fsp3) is 0.350. The van der Waals surface area contributed by atoms with Gasteiger partial charge < -0.3 is 19.5 Å². The van der Waals surface area contributed by atoms with Gasteiger partial charge in [0.1, 0.15) is 0 Å². The normalized spacial score (nSPS) is 20.3. The smallest absolute Gasteiger partial charge is 0.241 e. The first kappa shape index (κ1) is 18.3. The number of morpholine rings is 1. The topological polar surface area (TPSA) is 60.0 Å². The summed E-state index contributed by atoms with van der Waals surface area (Å²) >= 11 is 3.50. The van der Waals surface area contributed by atoms with Crippen LogP contribution < -0.4 is 14.8 Å². The van der Waals surface area contributed by atoms with Crippen molar-refractivity contribution in [1.82, 2.24) is 4.90 Å². The molecule has 1 saturated heterocycles. The molecule has 2 unspecified atom stereocenters. The Bertz CT molecular complexity index is 844. The van der Waals surface area contributed by atoms with Gasteiger partial charge in [-0.25, -0.2) is 0 Å². The van der Waals surface area contributed by atoms with Gasteiger partial charge in [0.15, 0.2) is 11.5 Å². The van der Waals surface area contributed by atoms with Gasteiger partial charge >= 0.3 is 0 Å². The highest BCUT2D eigenvalue weighted by Crippen LogP contribution is 2.34. The average molecular weight is 433 g/mol. The van der Waals surface area contributed by atoms with Gasteiger partial charge in [-0.3, -0.25) is 9.69 Å². The van der Waals surface area contributed by atoms with Crippen LogP contribution in [-0.2, 0) is 9.53 Å². The van der Waals surface area contributed by atoms with Crippen LogP contribution in [0.25, 0.3) is 0 Å². The highest BCUT2D eigenvalue weighted by atomic mass is 79.9. The lowest BCUT2D eigenvalue weighted by atomic mass is 10.1. The second-order valence-corrected chi connectivity index (χ2v) is 7.56. The van der Waals surface area contributed by atoms with Crippen LogP contribution in [0.4, 0.5) is 5.69 Å². The molecule has 2 heterocycles. The lowest BCUT2D eigenvalue weighted by molar-refractivity contribution is -0.124. The van der Waals surface area contributed by atoms with Gasteiger partial charge in [-0.1, -0.05) is 28.1 Å². The summed E-state index contributed by atoms with van der Waals surface area (Å²) in [5.41, 5.74) is 1.81. The summed E-state index contributed by atoms with van der Waals surface area (Å²) in [6.07, 6.45) is -0.0444. The highest BCUT2D eigenvalue weighted by Gasteiger charge is 2.29. The van der Waals surface area contributed by atoms with Crippen molar-refractivity contribution < 1.29 is 19.0 Å². The summed E-state index contributed by atoms with van der Waals surface area (Å²) in [4.78, 5) is 14.9. The zero-order valence-corrected chi connectivity index (χ0v) is 16.6. The quantitative estimate of drug-likeness (QED) is 0.799. The fourth-order valence-electron chi connectivity index (χ4n) is 3.32. The van der Waals surface area contributed by atoms with E-state index in [0.29, 0.717) is 30.3 Å². The zero-order valence-electron chi connectivity index (χ0n) is 15.0. The van der Waals surface area contributed by atoms with Crippen molar-refractivity contribution in [2.24, 2.45) is 0 Å². The van der Waals surface area contributed by atoms with Crippen LogP contribution in [0.3, 0.4) is 0 Å². The van der Waals surface area contributed by atoms with Gasteiger partial charge in [-0.05, 0) is 36.8 Å². The van der Waals surface area contributed by atoms with E-state index in [-0.39, 0.29) is 24.8 Å². The standard InChI is InChI=1S/C20H21BrN2O4/c1-13(20(24)22-16-5-6-17-18(10-16)27-12-26-17)23-7-8-25-19(11-23)14-3-2-4-15(21)9-14/h2-6,9-10,13,19H,7-8,11-12H2,1H3,(H,22,24). The van der Waals surface area contributed by atoms with Crippen LogP contribution in [-0.4, -0.2) is 43.3 Å². The van der Waals surface area contributed by atoms with E-state index in [1.165, 1.54) is 0 Å². The van der Waals surface area contributed by atoms with Crippen LogP contribution in [0.5, 0.6) is 11.5 Å². The van der Waals surface area contributed by atoms with Crippen molar-refractivity contribution in [3.05, 3.63) is 52.5 Å². The van der Waals surface area contributed by atoms with Gasteiger partial charge in [0.25, 0.3) is 0 Å². The van der Waals surface area contributed by atoms with E-state index in [9.17, 15) is 4.79 Å². The van der Waals surface area contributed by atoms with Crippen molar-refractivity contribution >= 4 is 27.5 Å². The molecule has 4 rings (SSSR count). The van der Waals surface area contributed by atoms with Crippen LogP contribution in [0.2, 0.25) is 0 Å². The van der Waals surface area contributed by atoms with Crippen LogP contribution >= 0.6 is 15.9 Å². The SMILES string of the molecule is CC(C(=O)Nc1ccc2c(c1)OCO2)N1CCOC(c2cccc(Br)c2)C1. The van der Waals surface area contributed by atoms with Crippen molar-refractivity contribution in [3.63, 3.8) is 0 Å². The number of nitrogens with one attached hydrogen (secondary N) is 1. The largest absolute Gasteiger partial charge is 0.454 e. The summed E-state index contributed by atoms with van der Waals surface area (Å²) < 4.78 is 17.6. The molecule has 0 bridgehead atoms. The number of rotatable bonds is 4. The molecule has 1 N–H and O–H groups in total. The number of ether oxygens (including phenoxy) is 3. The van der Waals surface area contributed by atoms with Gasteiger partial charge in [0.2, 0.25) is 12.7 Å². The van der Waals surface area contributed by atoms with Crippen molar-refractivity contribution in [2.45, 2.75) is 19.1 Å². The Hall–Kier alpha value is -2.09. The molecule has 2 aliphatic heterocycles. The van der Waals surface area contributed by atoms with Gasteiger partial charge in [-0.2, -0.15) is 0 Å². The maximum atomic E-state index is 12.7. The molecule has 1 fully saturated rings. The lowest BCUT2D eigenvalue weighted by Gasteiger charge is -2.36. The van der Waals surface area contributed by atoms with Gasteiger partial charge in [0, 0.05) is 29.3 Å². The Morgan fingerprint density at radius 1 is 1.22 bits per heavy atom. The van der Waals surface area contributed by atoms with Gasteiger partial charge in [-0.15, -0.1) is 0 Å². The van der Waals surface area contributed by atoms with Crippen molar-refractivity contribution in [2.75, 3.05) is 31.8 Å². The molecule has 7 heteroatoms. The second kappa shape index (κ2) is 7.88. The zero-order chi connectivity index (χ0) is 18.8. The van der Waals surface area contributed by atoms with Crippen LogP contribution in [0.15, 0.2) is 46.9 Å². The summed E-state index contributed by atoms with van der Waals surface area (Å²) in [6, 6.07) is 13.2. The number of carbonyl (C=O) groups is 1. The minimum atomic E-state index is -0.269. The molecule has 2 aliphatic rings. The third-order valence-corrected chi connectivity index (χ3v) is 5.38. The van der Waals surface area contributed by atoms with Crippen molar-refractivity contribution in [3.8, 4) is 11.5 Å². The molecule has 0 aliphatic carbocycles. The lowest BCUT2D eigenvalue weighted by Crippen LogP contribution is -2.48. The first-order valence-electron chi connectivity index (χ1n) is 8.92. The molecule has 0 aromatic heterocycles. The van der Waals surface area contributed by atoms with E-state index >= 15 is 0 Å². The number of carbonyl (C=O) groups excluding carboxylic acids is 1. The predicted molar refractivity (Wildman–Crippen MR) is 105 cm³/mol. The third-order valence-electron chi connectivity index (χ3n) is 4.89. The molecular formula is C20H21BrN2O4. The summed E-state index contributed by atoms with van der Waals surface area (Å²) in [7, 11) is 0. The Kier molecular flexibility index (Phi) is 5.33. The third kappa shape index (κ3) is 4.10.